The third-order valence-electron chi connectivity index (χ3n) is 2.58. The van der Waals surface area contributed by atoms with Gasteiger partial charge in [0.1, 0.15) is 0 Å². The number of amides is 1. The number of aryl methyl sites for hydroxylation is 1. The molecule has 1 amide bonds. The van der Waals surface area contributed by atoms with Gasteiger partial charge >= 0.3 is 0 Å². The van der Waals surface area contributed by atoms with Crippen LogP contribution in [0.3, 0.4) is 0 Å². The molecule has 0 spiro atoms. The third kappa shape index (κ3) is 2.28. The Kier molecular flexibility index (Phi) is 3.10. The molecule has 0 aliphatic heterocycles. The Morgan fingerprint density at radius 3 is 2.82 bits per heavy atom. The molecule has 1 heterocycles. The van der Waals surface area contributed by atoms with Crippen molar-refractivity contribution in [1.82, 2.24) is 4.98 Å². The van der Waals surface area contributed by atoms with E-state index in [-0.39, 0.29) is 5.91 Å². The van der Waals surface area contributed by atoms with Gasteiger partial charge in [-0.1, -0.05) is 18.7 Å². The highest BCUT2D eigenvalue weighted by atomic mass is 16.1. The molecule has 3 heteroatoms. The molecule has 2 aromatic rings. The summed E-state index contributed by atoms with van der Waals surface area (Å²) in [4.78, 5) is 14.5. The second-order valence-electron chi connectivity index (χ2n) is 3.77. The highest BCUT2D eigenvalue weighted by Crippen LogP contribution is 2.29. The van der Waals surface area contributed by atoms with Crippen molar-refractivity contribution in [1.29, 1.82) is 0 Å². The van der Waals surface area contributed by atoms with Gasteiger partial charge in [0.15, 0.2) is 0 Å². The predicted molar refractivity (Wildman–Crippen MR) is 69.8 cm³/mol. The number of H-pyrrole nitrogens is 1. The van der Waals surface area contributed by atoms with Crippen LogP contribution in [0.15, 0.2) is 49.2 Å². The van der Waals surface area contributed by atoms with E-state index in [1.165, 1.54) is 6.08 Å². The van der Waals surface area contributed by atoms with Gasteiger partial charge in [0.25, 0.3) is 0 Å². The molecule has 17 heavy (non-hydrogen) atoms. The van der Waals surface area contributed by atoms with Crippen LogP contribution >= 0.6 is 0 Å². The molecule has 1 aromatic heterocycles. The van der Waals surface area contributed by atoms with Crippen LogP contribution < -0.4 is 5.32 Å². The topological polar surface area (TPSA) is 44.9 Å². The standard InChI is InChI=1S/C14H14N2O/c1-3-13(17)16-12-7-4-6-10(2)14(12)11-8-5-9-15-11/h3-9,15H,1H2,2H3,(H,16,17). The summed E-state index contributed by atoms with van der Waals surface area (Å²) in [5.74, 6) is -0.205. The van der Waals surface area contributed by atoms with E-state index in [1.807, 2.05) is 43.5 Å². The quantitative estimate of drug-likeness (QED) is 0.776. The van der Waals surface area contributed by atoms with Crippen molar-refractivity contribution in [3.8, 4) is 11.3 Å². The van der Waals surface area contributed by atoms with E-state index in [1.54, 1.807) is 0 Å². The highest BCUT2D eigenvalue weighted by molar-refractivity contribution is 6.01. The van der Waals surface area contributed by atoms with Crippen molar-refractivity contribution in [2.45, 2.75) is 6.92 Å². The van der Waals surface area contributed by atoms with E-state index in [2.05, 4.69) is 16.9 Å². The zero-order valence-corrected chi connectivity index (χ0v) is 9.66. The molecule has 3 nitrogen and oxygen atoms in total. The summed E-state index contributed by atoms with van der Waals surface area (Å²) in [6, 6.07) is 9.72. The molecule has 0 fully saturated rings. The van der Waals surface area contributed by atoms with Gasteiger partial charge < -0.3 is 10.3 Å². The minimum atomic E-state index is -0.205. The van der Waals surface area contributed by atoms with Gasteiger partial charge in [0.2, 0.25) is 5.91 Å². The van der Waals surface area contributed by atoms with Crippen molar-refractivity contribution >= 4 is 11.6 Å². The summed E-state index contributed by atoms with van der Waals surface area (Å²) < 4.78 is 0. The first-order valence-corrected chi connectivity index (χ1v) is 5.39. The van der Waals surface area contributed by atoms with Crippen LogP contribution in [-0.2, 0) is 4.79 Å². The molecular formula is C14H14N2O. The van der Waals surface area contributed by atoms with Gasteiger partial charge in [0, 0.05) is 17.5 Å². The van der Waals surface area contributed by atoms with Crippen LogP contribution in [0.25, 0.3) is 11.3 Å². The van der Waals surface area contributed by atoms with Crippen LogP contribution in [0.2, 0.25) is 0 Å². The predicted octanol–water partition coefficient (Wildman–Crippen LogP) is 3.11. The highest BCUT2D eigenvalue weighted by Gasteiger charge is 2.09. The fourth-order valence-electron chi connectivity index (χ4n) is 1.80. The Labute approximate surface area is 100 Å². The summed E-state index contributed by atoms with van der Waals surface area (Å²) in [5.41, 5.74) is 3.89. The molecule has 86 valence electrons. The molecule has 2 N–H and O–H groups in total. The molecule has 0 bridgehead atoms. The van der Waals surface area contributed by atoms with Gasteiger partial charge in [-0.15, -0.1) is 0 Å². The maximum absolute atomic E-state index is 11.4. The summed E-state index contributed by atoms with van der Waals surface area (Å²) in [7, 11) is 0. The Balaban J connectivity index is 2.49. The molecule has 0 saturated heterocycles. The van der Waals surface area contributed by atoms with Gasteiger partial charge in [-0.25, -0.2) is 0 Å². The number of carbonyl (C=O) groups excluding carboxylic acids is 1. The molecule has 0 aliphatic rings. The van der Waals surface area contributed by atoms with Gasteiger partial charge in [-0.05, 0) is 36.8 Å². The van der Waals surface area contributed by atoms with Crippen LogP contribution in [0.4, 0.5) is 5.69 Å². The van der Waals surface area contributed by atoms with E-state index in [9.17, 15) is 4.79 Å². The maximum Gasteiger partial charge on any atom is 0.247 e. The van der Waals surface area contributed by atoms with Gasteiger partial charge in [0.05, 0.1) is 5.69 Å². The number of rotatable bonds is 3. The van der Waals surface area contributed by atoms with Crippen molar-refractivity contribution in [2.75, 3.05) is 5.32 Å². The normalized spacial score (nSPS) is 9.94. The van der Waals surface area contributed by atoms with Gasteiger partial charge in [-0.2, -0.15) is 0 Å². The van der Waals surface area contributed by atoms with E-state index in [0.717, 1.165) is 22.5 Å². The van der Waals surface area contributed by atoms with E-state index >= 15 is 0 Å². The summed E-state index contributed by atoms with van der Waals surface area (Å²) in [6.45, 7) is 5.47. The zero-order chi connectivity index (χ0) is 12.3. The van der Waals surface area contributed by atoms with Crippen LogP contribution in [-0.4, -0.2) is 10.9 Å². The van der Waals surface area contributed by atoms with Crippen molar-refractivity contribution < 1.29 is 4.79 Å². The minimum Gasteiger partial charge on any atom is -0.361 e. The lowest BCUT2D eigenvalue weighted by Gasteiger charge is -2.11. The molecule has 1 aromatic carbocycles. The molecule has 0 unspecified atom stereocenters. The Morgan fingerprint density at radius 2 is 2.18 bits per heavy atom. The van der Waals surface area contributed by atoms with E-state index in [0.29, 0.717) is 0 Å². The molecule has 0 aliphatic carbocycles. The summed E-state index contributed by atoms with van der Waals surface area (Å²) in [5, 5.41) is 2.81. The minimum absolute atomic E-state index is 0.205. The number of hydrogen-bond acceptors (Lipinski definition) is 1. The fourth-order valence-corrected chi connectivity index (χ4v) is 1.80. The average Bonchev–Trinajstić information content (AvgIpc) is 2.82. The fraction of sp³-hybridized carbons (Fsp3) is 0.0714. The van der Waals surface area contributed by atoms with Crippen LogP contribution in [0.1, 0.15) is 5.56 Å². The molecule has 0 atom stereocenters. The first-order chi connectivity index (χ1) is 8.22. The second-order valence-corrected chi connectivity index (χ2v) is 3.77. The largest absolute Gasteiger partial charge is 0.361 e. The Hall–Kier alpha value is -2.29. The number of carbonyl (C=O) groups is 1. The molecule has 2 rings (SSSR count). The smallest absolute Gasteiger partial charge is 0.247 e. The lowest BCUT2D eigenvalue weighted by atomic mass is 10.0. The number of aromatic amines is 1. The zero-order valence-electron chi connectivity index (χ0n) is 9.66. The van der Waals surface area contributed by atoms with Gasteiger partial charge in [-0.3, -0.25) is 4.79 Å². The summed E-state index contributed by atoms with van der Waals surface area (Å²) in [6.07, 6.45) is 3.13. The van der Waals surface area contributed by atoms with Crippen molar-refractivity contribution in [2.24, 2.45) is 0 Å². The maximum atomic E-state index is 11.4. The van der Waals surface area contributed by atoms with E-state index < -0.39 is 0 Å². The van der Waals surface area contributed by atoms with E-state index in [4.69, 9.17) is 0 Å². The first kappa shape index (κ1) is 11.2. The van der Waals surface area contributed by atoms with Crippen molar-refractivity contribution in [3.05, 3.63) is 54.7 Å². The number of nitrogens with one attached hydrogen (secondary N) is 2. The Bertz CT molecular complexity index is 541. The lowest BCUT2D eigenvalue weighted by Crippen LogP contribution is -2.08. The first-order valence-electron chi connectivity index (χ1n) is 5.39. The monoisotopic (exact) mass is 226 g/mol. The third-order valence-corrected chi connectivity index (χ3v) is 2.58. The molecule has 0 saturated carbocycles. The molecular weight excluding hydrogens is 212 g/mol. The SMILES string of the molecule is C=CC(=O)Nc1cccc(C)c1-c1ccc[nH]1. The van der Waals surface area contributed by atoms with Crippen LogP contribution in [0, 0.1) is 6.92 Å². The number of aromatic nitrogens is 1. The second kappa shape index (κ2) is 4.70. The molecule has 0 radical (unpaired) electrons. The van der Waals surface area contributed by atoms with Crippen LogP contribution in [0.5, 0.6) is 0 Å². The Morgan fingerprint density at radius 1 is 1.35 bits per heavy atom. The summed E-state index contributed by atoms with van der Waals surface area (Å²) >= 11 is 0. The lowest BCUT2D eigenvalue weighted by molar-refractivity contribution is -0.111. The number of hydrogen-bond donors (Lipinski definition) is 2. The average molecular weight is 226 g/mol. The van der Waals surface area contributed by atoms with Crippen molar-refractivity contribution in [3.63, 3.8) is 0 Å². The number of benzene rings is 1. The number of anilines is 1.